The molecule has 1 aromatic rings. The van der Waals surface area contributed by atoms with Crippen LogP contribution in [-0.2, 0) is 11.3 Å². The van der Waals surface area contributed by atoms with Crippen LogP contribution in [0.15, 0.2) is 0 Å². The van der Waals surface area contributed by atoms with Gasteiger partial charge in [-0.15, -0.1) is 0 Å². The molecule has 5 heteroatoms. The first-order valence-electron chi connectivity index (χ1n) is 6.53. The molecule has 3 N–H and O–H groups in total. The van der Waals surface area contributed by atoms with E-state index in [1.54, 1.807) is 0 Å². The van der Waals surface area contributed by atoms with Gasteiger partial charge in [-0.2, -0.15) is 5.10 Å². The Bertz CT molecular complexity index is 411. The zero-order valence-electron chi connectivity index (χ0n) is 11.8. The summed E-state index contributed by atoms with van der Waals surface area (Å²) < 4.78 is 2.02. The van der Waals surface area contributed by atoms with E-state index in [2.05, 4.69) is 31.2 Å². The summed E-state index contributed by atoms with van der Waals surface area (Å²) in [6.07, 6.45) is 1.21. The molecule has 0 aliphatic rings. The quantitative estimate of drug-likeness (QED) is 0.721. The number of nitrogens with two attached hydrogens (primary N) is 1. The van der Waals surface area contributed by atoms with E-state index in [0.29, 0.717) is 6.42 Å². The Balaban J connectivity index is 2.58. The van der Waals surface area contributed by atoms with E-state index in [0.717, 1.165) is 25.2 Å². The Kier molecular flexibility index (Phi) is 5.34. The summed E-state index contributed by atoms with van der Waals surface area (Å²) in [4.78, 5) is 10.6. The van der Waals surface area contributed by atoms with Gasteiger partial charge < -0.3 is 11.1 Å². The molecule has 1 heterocycles. The van der Waals surface area contributed by atoms with E-state index in [9.17, 15) is 4.79 Å². The molecule has 0 bridgehead atoms. The Morgan fingerprint density at radius 3 is 2.67 bits per heavy atom. The van der Waals surface area contributed by atoms with Crippen molar-refractivity contribution in [2.24, 2.45) is 5.73 Å². The number of nitrogens with zero attached hydrogens (tertiary/aromatic N) is 2. The summed E-state index contributed by atoms with van der Waals surface area (Å²) in [5, 5.41) is 7.92. The molecule has 0 aliphatic heterocycles. The number of carbonyl (C=O) groups excluding carboxylic acids is 1. The lowest BCUT2D eigenvalue weighted by Crippen LogP contribution is -2.22. The average molecular weight is 252 g/mol. The molecule has 0 aliphatic carbocycles. The van der Waals surface area contributed by atoms with E-state index in [4.69, 9.17) is 5.73 Å². The number of rotatable bonds is 7. The highest BCUT2D eigenvalue weighted by molar-refractivity contribution is 5.73. The number of amides is 1. The normalized spacial score (nSPS) is 12.7. The van der Waals surface area contributed by atoms with Gasteiger partial charge >= 0.3 is 0 Å². The van der Waals surface area contributed by atoms with Crippen molar-refractivity contribution in [3.8, 4) is 0 Å². The van der Waals surface area contributed by atoms with E-state index < -0.39 is 0 Å². The van der Waals surface area contributed by atoms with Gasteiger partial charge in [-0.3, -0.25) is 9.48 Å². The second kappa shape index (κ2) is 6.54. The fourth-order valence-electron chi connectivity index (χ4n) is 2.33. The van der Waals surface area contributed by atoms with Crippen molar-refractivity contribution in [3.63, 3.8) is 0 Å². The van der Waals surface area contributed by atoms with Crippen molar-refractivity contribution < 1.29 is 4.79 Å². The summed E-state index contributed by atoms with van der Waals surface area (Å²) >= 11 is 0. The van der Waals surface area contributed by atoms with Crippen LogP contribution in [0.2, 0.25) is 0 Å². The highest BCUT2D eigenvalue weighted by Crippen LogP contribution is 2.21. The molecule has 1 aromatic heterocycles. The molecule has 102 valence electrons. The molecular formula is C13H24N4O. The van der Waals surface area contributed by atoms with Crippen molar-refractivity contribution >= 4 is 5.91 Å². The molecule has 0 radical (unpaired) electrons. The predicted octanol–water partition coefficient (Wildman–Crippen LogP) is 1.44. The van der Waals surface area contributed by atoms with Gasteiger partial charge in [0.2, 0.25) is 5.91 Å². The van der Waals surface area contributed by atoms with E-state index in [1.807, 2.05) is 11.6 Å². The summed E-state index contributed by atoms with van der Waals surface area (Å²) in [6.45, 7) is 10.0. The van der Waals surface area contributed by atoms with Crippen LogP contribution in [0.1, 0.15) is 49.7 Å². The second-order valence-electron chi connectivity index (χ2n) is 4.65. The first-order chi connectivity index (χ1) is 8.47. The molecule has 18 heavy (non-hydrogen) atoms. The maximum absolute atomic E-state index is 10.6. The van der Waals surface area contributed by atoms with Crippen LogP contribution in [0.4, 0.5) is 0 Å². The highest BCUT2D eigenvalue weighted by atomic mass is 16.1. The number of carbonyl (C=O) groups is 1. The molecule has 0 saturated carbocycles. The topological polar surface area (TPSA) is 72.9 Å². The Morgan fingerprint density at radius 1 is 1.50 bits per heavy atom. The smallest absolute Gasteiger partial charge is 0.217 e. The zero-order valence-corrected chi connectivity index (χ0v) is 11.8. The van der Waals surface area contributed by atoms with Crippen molar-refractivity contribution in [1.29, 1.82) is 0 Å². The molecular weight excluding hydrogens is 228 g/mol. The van der Waals surface area contributed by atoms with Crippen molar-refractivity contribution in [1.82, 2.24) is 15.1 Å². The van der Waals surface area contributed by atoms with Crippen LogP contribution < -0.4 is 11.1 Å². The molecule has 0 fully saturated rings. The largest absolute Gasteiger partial charge is 0.370 e. The SMILES string of the molecule is CCn1nc(C)c(C(C)NCCCC(N)=O)c1C. The Morgan fingerprint density at radius 2 is 2.17 bits per heavy atom. The van der Waals surface area contributed by atoms with Crippen molar-refractivity contribution in [3.05, 3.63) is 17.0 Å². The molecule has 1 rings (SSSR count). The van der Waals surface area contributed by atoms with Gasteiger partial charge in [-0.25, -0.2) is 0 Å². The second-order valence-corrected chi connectivity index (χ2v) is 4.65. The molecule has 0 saturated heterocycles. The minimum Gasteiger partial charge on any atom is -0.370 e. The van der Waals surface area contributed by atoms with Crippen LogP contribution in [0.3, 0.4) is 0 Å². The number of aryl methyl sites for hydroxylation is 2. The first kappa shape index (κ1) is 14.7. The fraction of sp³-hybridized carbons (Fsp3) is 0.692. The van der Waals surface area contributed by atoms with Crippen LogP contribution in [0.25, 0.3) is 0 Å². The molecule has 0 aromatic carbocycles. The first-order valence-corrected chi connectivity index (χ1v) is 6.53. The van der Waals surface area contributed by atoms with Crippen LogP contribution in [0.5, 0.6) is 0 Å². The molecule has 1 atom stereocenters. The van der Waals surface area contributed by atoms with E-state index >= 15 is 0 Å². The van der Waals surface area contributed by atoms with Crippen LogP contribution >= 0.6 is 0 Å². The molecule has 1 amide bonds. The Hall–Kier alpha value is -1.36. The van der Waals surface area contributed by atoms with E-state index in [-0.39, 0.29) is 11.9 Å². The third kappa shape index (κ3) is 3.57. The fourth-order valence-corrected chi connectivity index (χ4v) is 2.33. The van der Waals surface area contributed by atoms with Gasteiger partial charge in [0.15, 0.2) is 0 Å². The van der Waals surface area contributed by atoms with Crippen molar-refractivity contribution in [2.75, 3.05) is 6.54 Å². The van der Waals surface area contributed by atoms with Gasteiger partial charge in [0.1, 0.15) is 0 Å². The maximum Gasteiger partial charge on any atom is 0.217 e. The van der Waals surface area contributed by atoms with Crippen molar-refractivity contribution in [2.45, 2.75) is 53.1 Å². The number of primary amides is 1. The summed E-state index contributed by atoms with van der Waals surface area (Å²) in [5.41, 5.74) is 8.66. The number of hydrogen-bond acceptors (Lipinski definition) is 3. The summed E-state index contributed by atoms with van der Waals surface area (Å²) in [6, 6.07) is 0.248. The van der Waals surface area contributed by atoms with Gasteiger partial charge in [0.05, 0.1) is 5.69 Å². The third-order valence-electron chi connectivity index (χ3n) is 3.22. The third-order valence-corrected chi connectivity index (χ3v) is 3.22. The van der Waals surface area contributed by atoms with Gasteiger partial charge in [0, 0.05) is 30.3 Å². The molecule has 5 nitrogen and oxygen atoms in total. The van der Waals surface area contributed by atoms with Gasteiger partial charge in [-0.05, 0) is 40.7 Å². The monoisotopic (exact) mass is 252 g/mol. The molecule has 1 unspecified atom stereocenters. The van der Waals surface area contributed by atoms with E-state index in [1.165, 1.54) is 11.3 Å². The van der Waals surface area contributed by atoms with Gasteiger partial charge in [0.25, 0.3) is 0 Å². The summed E-state index contributed by atoms with van der Waals surface area (Å²) in [7, 11) is 0. The standard InChI is InChI=1S/C13H24N4O/c1-5-17-11(4)13(10(3)16-17)9(2)15-8-6-7-12(14)18/h9,15H,5-8H2,1-4H3,(H2,14,18). The predicted molar refractivity (Wildman–Crippen MR) is 72.2 cm³/mol. The lowest BCUT2D eigenvalue weighted by Gasteiger charge is -2.14. The summed E-state index contributed by atoms with van der Waals surface area (Å²) in [5.74, 6) is -0.240. The zero-order chi connectivity index (χ0) is 13.7. The molecule has 0 spiro atoms. The average Bonchev–Trinajstić information content (AvgIpc) is 2.59. The lowest BCUT2D eigenvalue weighted by atomic mass is 10.1. The number of nitrogens with one attached hydrogen (secondary N) is 1. The highest BCUT2D eigenvalue weighted by Gasteiger charge is 2.16. The number of aromatic nitrogens is 2. The van der Waals surface area contributed by atoms with Crippen LogP contribution in [-0.4, -0.2) is 22.2 Å². The van der Waals surface area contributed by atoms with Crippen LogP contribution in [0, 0.1) is 13.8 Å². The minimum absolute atomic E-state index is 0.240. The Labute approximate surface area is 109 Å². The van der Waals surface area contributed by atoms with Gasteiger partial charge in [-0.1, -0.05) is 0 Å². The lowest BCUT2D eigenvalue weighted by molar-refractivity contribution is -0.118. The minimum atomic E-state index is -0.240. The number of hydrogen-bond donors (Lipinski definition) is 2. The maximum atomic E-state index is 10.6.